The van der Waals surface area contributed by atoms with Gasteiger partial charge in [0.05, 0.1) is 13.2 Å². The van der Waals surface area contributed by atoms with Crippen LogP contribution < -0.4 is 10.1 Å². The number of aromatic nitrogens is 2. The number of hydrogen-bond donors (Lipinski definition) is 1. The molecule has 1 aromatic carbocycles. The maximum atomic E-state index is 6.14. The first kappa shape index (κ1) is 12.6. The van der Waals surface area contributed by atoms with Crippen molar-refractivity contribution in [1.82, 2.24) is 9.97 Å². The summed E-state index contributed by atoms with van der Waals surface area (Å²) in [5.41, 5.74) is 1.01. The van der Waals surface area contributed by atoms with Gasteiger partial charge in [0.2, 0.25) is 11.8 Å². The molecule has 0 aliphatic rings. The van der Waals surface area contributed by atoms with Crippen molar-refractivity contribution < 1.29 is 4.74 Å². The number of anilines is 1. The predicted octanol–water partition coefficient (Wildman–Crippen LogP) is 3.31. The number of nitrogens with zero attached hydrogens (tertiary/aromatic N) is 2. The molecule has 5 heteroatoms. The third-order valence-electron chi connectivity index (χ3n) is 2.56. The molecule has 1 atom stereocenters. The Kier molecular flexibility index (Phi) is 3.99. The Bertz CT molecular complexity index is 533. The molecule has 0 saturated carbocycles. The topological polar surface area (TPSA) is 47.0 Å². The summed E-state index contributed by atoms with van der Waals surface area (Å²) in [7, 11) is 1.57. The zero-order chi connectivity index (χ0) is 13.0. The Morgan fingerprint density at radius 2 is 2.06 bits per heavy atom. The highest BCUT2D eigenvalue weighted by Gasteiger charge is 2.10. The minimum atomic E-state index is 0.0193. The van der Waals surface area contributed by atoms with Crippen LogP contribution in [0.15, 0.2) is 36.5 Å². The maximum Gasteiger partial charge on any atom is 0.226 e. The number of halogens is 1. The van der Waals surface area contributed by atoms with Crippen LogP contribution in [0.3, 0.4) is 0 Å². The van der Waals surface area contributed by atoms with Gasteiger partial charge < -0.3 is 10.1 Å². The molecule has 0 amide bonds. The van der Waals surface area contributed by atoms with E-state index in [1.165, 1.54) is 0 Å². The number of nitrogens with one attached hydrogen (secondary N) is 1. The van der Waals surface area contributed by atoms with Crippen LogP contribution in [0.25, 0.3) is 0 Å². The number of hydrogen-bond acceptors (Lipinski definition) is 4. The van der Waals surface area contributed by atoms with Crippen LogP contribution in [0, 0.1) is 0 Å². The number of ether oxygens (including phenoxy) is 1. The molecule has 2 rings (SSSR count). The molecule has 1 N–H and O–H groups in total. The molecule has 1 unspecified atom stereocenters. The molecular formula is C13H14ClN3O. The summed E-state index contributed by atoms with van der Waals surface area (Å²) >= 11 is 6.14. The molecule has 18 heavy (non-hydrogen) atoms. The zero-order valence-electron chi connectivity index (χ0n) is 10.2. The van der Waals surface area contributed by atoms with Crippen LogP contribution in [-0.2, 0) is 0 Å². The van der Waals surface area contributed by atoms with E-state index in [-0.39, 0.29) is 6.04 Å². The molecule has 0 spiro atoms. The van der Waals surface area contributed by atoms with Gasteiger partial charge in [-0.2, -0.15) is 4.98 Å². The highest BCUT2D eigenvalue weighted by Crippen LogP contribution is 2.24. The van der Waals surface area contributed by atoms with E-state index in [1.807, 2.05) is 31.2 Å². The molecular weight excluding hydrogens is 250 g/mol. The lowest BCUT2D eigenvalue weighted by molar-refractivity contribution is 0.397. The largest absolute Gasteiger partial charge is 0.481 e. The lowest BCUT2D eigenvalue weighted by Crippen LogP contribution is -2.10. The lowest BCUT2D eigenvalue weighted by atomic mass is 10.1. The van der Waals surface area contributed by atoms with Crippen LogP contribution >= 0.6 is 11.6 Å². The van der Waals surface area contributed by atoms with Gasteiger partial charge in [-0.05, 0) is 18.6 Å². The normalized spacial score (nSPS) is 11.9. The van der Waals surface area contributed by atoms with Crippen molar-refractivity contribution in [2.24, 2.45) is 0 Å². The van der Waals surface area contributed by atoms with E-state index in [1.54, 1.807) is 19.4 Å². The summed E-state index contributed by atoms with van der Waals surface area (Å²) in [5, 5.41) is 3.91. The van der Waals surface area contributed by atoms with E-state index in [2.05, 4.69) is 15.3 Å². The highest BCUT2D eigenvalue weighted by molar-refractivity contribution is 6.31. The first-order valence-electron chi connectivity index (χ1n) is 5.58. The standard InChI is InChI=1S/C13H14ClN3O/c1-9(10-5-3-4-6-11(10)14)16-13-15-8-7-12(17-13)18-2/h3-9H,1-2H3,(H,15,16,17). The van der Waals surface area contributed by atoms with E-state index in [0.29, 0.717) is 11.8 Å². The fourth-order valence-corrected chi connectivity index (χ4v) is 1.92. The third kappa shape index (κ3) is 2.90. The van der Waals surface area contributed by atoms with Crippen LogP contribution in [0.4, 0.5) is 5.95 Å². The first-order chi connectivity index (χ1) is 8.70. The van der Waals surface area contributed by atoms with Crippen molar-refractivity contribution >= 4 is 17.5 Å². The SMILES string of the molecule is COc1ccnc(NC(C)c2ccccc2Cl)n1. The van der Waals surface area contributed by atoms with Gasteiger partial charge in [0, 0.05) is 17.3 Å². The molecule has 1 heterocycles. The van der Waals surface area contributed by atoms with E-state index in [4.69, 9.17) is 16.3 Å². The van der Waals surface area contributed by atoms with Gasteiger partial charge in [-0.15, -0.1) is 0 Å². The second-order valence-corrected chi connectivity index (χ2v) is 4.22. The first-order valence-corrected chi connectivity index (χ1v) is 5.96. The van der Waals surface area contributed by atoms with E-state index < -0.39 is 0 Å². The summed E-state index contributed by atoms with van der Waals surface area (Å²) in [4.78, 5) is 8.34. The minimum Gasteiger partial charge on any atom is -0.481 e. The van der Waals surface area contributed by atoms with E-state index in [9.17, 15) is 0 Å². The third-order valence-corrected chi connectivity index (χ3v) is 2.90. The molecule has 0 aliphatic carbocycles. The average molecular weight is 264 g/mol. The molecule has 0 bridgehead atoms. The van der Waals surface area contributed by atoms with E-state index >= 15 is 0 Å². The van der Waals surface area contributed by atoms with Crippen LogP contribution in [0.5, 0.6) is 5.88 Å². The quantitative estimate of drug-likeness (QED) is 0.919. The smallest absolute Gasteiger partial charge is 0.226 e. The van der Waals surface area contributed by atoms with Crippen molar-refractivity contribution in [2.75, 3.05) is 12.4 Å². The second-order valence-electron chi connectivity index (χ2n) is 3.81. The summed E-state index contributed by atoms with van der Waals surface area (Å²) in [6, 6.07) is 9.41. The molecule has 0 saturated heterocycles. The fourth-order valence-electron chi connectivity index (χ4n) is 1.62. The van der Waals surface area contributed by atoms with Crippen molar-refractivity contribution in [1.29, 1.82) is 0 Å². The van der Waals surface area contributed by atoms with Gasteiger partial charge in [0.25, 0.3) is 0 Å². The van der Waals surface area contributed by atoms with Crippen LogP contribution in [-0.4, -0.2) is 17.1 Å². The van der Waals surface area contributed by atoms with Gasteiger partial charge in [-0.25, -0.2) is 4.98 Å². The van der Waals surface area contributed by atoms with E-state index in [0.717, 1.165) is 10.6 Å². The second kappa shape index (κ2) is 5.69. The van der Waals surface area contributed by atoms with Gasteiger partial charge in [0.1, 0.15) is 0 Å². The van der Waals surface area contributed by atoms with Gasteiger partial charge in [-0.1, -0.05) is 29.8 Å². The molecule has 0 radical (unpaired) electrons. The molecule has 94 valence electrons. The monoisotopic (exact) mass is 263 g/mol. The fraction of sp³-hybridized carbons (Fsp3) is 0.231. The van der Waals surface area contributed by atoms with Crippen molar-refractivity contribution in [2.45, 2.75) is 13.0 Å². The Hall–Kier alpha value is -1.81. The Morgan fingerprint density at radius 3 is 2.78 bits per heavy atom. The van der Waals surface area contributed by atoms with Gasteiger partial charge in [0.15, 0.2) is 0 Å². The summed E-state index contributed by atoms with van der Waals surface area (Å²) < 4.78 is 5.05. The number of rotatable bonds is 4. The number of benzene rings is 1. The molecule has 1 aromatic heterocycles. The zero-order valence-corrected chi connectivity index (χ0v) is 11.0. The van der Waals surface area contributed by atoms with Gasteiger partial charge >= 0.3 is 0 Å². The average Bonchev–Trinajstić information content (AvgIpc) is 2.39. The summed E-state index contributed by atoms with van der Waals surface area (Å²) in [5.74, 6) is 1.04. The van der Waals surface area contributed by atoms with Crippen molar-refractivity contribution in [3.05, 3.63) is 47.1 Å². The Morgan fingerprint density at radius 1 is 1.28 bits per heavy atom. The molecule has 2 aromatic rings. The summed E-state index contributed by atoms with van der Waals surface area (Å²) in [6.07, 6.45) is 1.65. The maximum absolute atomic E-state index is 6.14. The van der Waals surface area contributed by atoms with Gasteiger partial charge in [-0.3, -0.25) is 0 Å². The summed E-state index contributed by atoms with van der Waals surface area (Å²) in [6.45, 7) is 2.00. The van der Waals surface area contributed by atoms with Crippen LogP contribution in [0.1, 0.15) is 18.5 Å². The highest BCUT2D eigenvalue weighted by atomic mass is 35.5. The molecule has 0 fully saturated rings. The predicted molar refractivity (Wildman–Crippen MR) is 72.1 cm³/mol. The molecule has 0 aliphatic heterocycles. The lowest BCUT2D eigenvalue weighted by Gasteiger charge is -2.15. The Labute approximate surface area is 111 Å². The van der Waals surface area contributed by atoms with Crippen molar-refractivity contribution in [3.63, 3.8) is 0 Å². The van der Waals surface area contributed by atoms with Crippen molar-refractivity contribution in [3.8, 4) is 5.88 Å². The minimum absolute atomic E-state index is 0.0193. The van der Waals surface area contributed by atoms with Crippen LogP contribution in [0.2, 0.25) is 5.02 Å². The Balaban J connectivity index is 2.16. The molecule has 4 nitrogen and oxygen atoms in total. The number of methoxy groups -OCH3 is 1.